The third-order valence-corrected chi connectivity index (χ3v) is 6.50. The Morgan fingerprint density at radius 1 is 0.957 bits per heavy atom. The van der Waals surface area contributed by atoms with Crippen LogP contribution in [0.2, 0.25) is 0 Å². The summed E-state index contributed by atoms with van der Waals surface area (Å²) in [5, 5.41) is 5.27. The number of aromatic nitrogens is 1. The second-order valence-corrected chi connectivity index (χ2v) is 7.61. The molecule has 1 N–H and O–H groups in total. The quantitative estimate of drug-likeness (QED) is 0.693. The molecule has 2 aliphatic rings. The van der Waals surface area contributed by atoms with E-state index >= 15 is 0 Å². The van der Waals surface area contributed by atoms with Crippen LogP contribution in [0.4, 0.5) is 0 Å². The minimum Gasteiger partial charge on any atom is -0.310 e. The Hall–Kier alpha value is -1.84. The first-order valence-corrected chi connectivity index (χ1v) is 9.33. The number of aryl methyl sites for hydroxylation is 1. The SMILES string of the molecule is c1ccc(C2NCc3c(sc4c3CCCC4)-n3cccc32)cc1. The van der Waals surface area contributed by atoms with Gasteiger partial charge in [0.2, 0.25) is 0 Å². The molecule has 1 aromatic carbocycles. The summed E-state index contributed by atoms with van der Waals surface area (Å²) in [6, 6.07) is 15.5. The van der Waals surface area contributed by atoms with Crippen LogP contribution in [0.25, 0.3) is 5.00 Å². The summed E-state index contributed by atoms with van der Waals surface area (Å²) in [7, 11) is 0. The molecule has 2 aromatic heterocycles. The van der Waals surface area contributed by atoms with Crippen molar-refractivity contribution < 1.29 is 0 Å². The van der Waals surface area contributed by atoms with E-state index in [2.05, 4.69) is 58.5 Å². The zero-order chi connectivity index (χ0) is 15.2. The fourth-order valence-electron chi connectivity index (χ4n) is 4.05. The fraction of sp³-hybridized carbons (Fsp3) is 0.300. The number of benzene rings is 1. The third kappa shape index (κ3) is 2.11. The van der Waals surface area contributed by atoms with Gasteiger partial charge in [0.25, 0.3) is 0 Å². The number of nitrogens with zero attached hydrogens (tertiary/aromatic N) is 1. The molecule has 0 radical (unpaired) electrons. The summed E-state index contributed by atoms with van der Waals surface area (Å²) < 4.78 is 2.43. The third-order valence-electron chi connectivity index (χ3n) is 5.17. The smallest absolute Gasteiger partial charge is 0.104 e. The summed E-state index contributed by atoms with van der Waals surface area (Å²) in [6.07, 6.45) is 7.46. The highest BCUT2D eigenvalue weighted by atomic mass is 32.1. The molecule has 0 fully saturated rings. The lowest BCUT2D eigenvalue weighted by atomic mass is 9.95. The van der Waals surface area contributed by atoms with Crippen LogP contribution >= 0.6 is 11.3 Å². The lowest BCUT2D eigenvalue weighted by molar-refractivity contribution is 0.595. The Bertz CT molecular complexity index is 844. The van der Waals surface area contributed by atoms with E-state index < -0.39 is 0 Å². The molecule has 116 valence electrons. The normalized spacial score (nSPS) is 19.6. The Morgan fingerprint density at radius 2 is 1.83 bits per heavy atom. The van der Waals surface area contributed by atoms with Crippen LogP contribution in [0.5, 0.6) is 0 Å². The summed E-state index contributed by atoms with van der Waals surface area (Å²) >= 11 is 2.02. The van der Waals surface area contributed by atoms with Crippen LogP contribution in [0, 0.1) is 0 Å². The van der Waals surface area contributed by atoms with Crippen LogP contribution in [0.1, 0.15) is 46.1 Å². The van der Waals surface area contributed by atoms with Crippen LogP contribution in [0.15, 0.2) is 48.7 Å². The first-order chi connectivity index (χ1) is 11.4. The highest BCUT2D eigenvalue weighted by Gasteiger charge is 2.28. The van der Waals surface area contributed by atoms with Gasteiger partial charge >= 0.3 is 0 Å². The average molecular weight is 320 g/mol. The number of hydrogen-bond acceptors (Lipinski definition) is 2. The summed E-state index contributed by atoms with van der Waals surface area (Å²) in [5.41, 5.74) is 5.88. The maximum Gasteiger partial charge on any atom is 0.104 e. The molecule has 1 atom stereocenters. The summed E-state index contributed by atoms with van der Waals surface area (Å²) in [5.74, 6) is 0. The lowest BCUT2D eigenvalue weighted by Gasteiger charge is -2.18. The number of nitrogens with one attached hydrogen (secondary N) is 1. The van der Waals surface area contributed by atoms with Gasteiger partial charge in [0.15, 0.2) is 0 Å². The van der Waals surface area contributed by atoms with Crippen LogP contribution < -0.4 is 5.32 Å². The Labute approximate surface area is 140 Å². The minimum atomic E-state index is 0.269. The van der Waals surface area contributed by atoms with Gasteiger partial charge in [-0.25, -0.2) is 0 Å². The van der Waals surface area contributed by atoms with Crippen molar-refractivity contribution in [3.63, 3.8) is 0 Å². The van der Waals surface area contributed by atoms with E-state index in [4.69, 9.17) is 0 Å². The van der Waals surface area contributed by atoms with Crippen molar-refractivity contribution in [1.29, 1.82) is 0 Å². The van der Waals surface area contributed by atoms with Gasteiger partial charge in [-0.05, 0) is 48.9 Å². The zero-order valence-corrected chi connectivity index (χ0v) is 13.9. The fourth-order valence-corrected chi connectivity index (χ4v) is 5.46. The van der Waals surface area contributed by atoms with Gasteiger partial charge in [-0.1, -0.05) is 30.3 Å². The van der Waals surface area contributed by atoms with E-state index in [-0.39, 0.29) is 6.04 Å². The Kier molecular flexibility index (Phi) is 3.17. The molecule has 3 heteroatoms. The maximum atomic E-state index is 3.82. The molecule has 1 unspecified atom stereocenters. The van der Waals surface area contributed by atoms with E-state index in [1.54, 1.807) is 16.0 Å². The van der Waals surface area contributed by atoms with Gasteiger partial charge in [-0.3, -0.25) is 0 Å². The molecule has 5 rings (SSSR count). The van der Waals surface area contributed by atoms with Crippen LogP contribution in [-0.4, -0.2) is 4.57 Å². The van der Waals surface area contributed by atoms with Crippen molar-refractivity contribution in [2.24, 2.45) is 0 Å². The molecule has 0 amide bonds. The van der Waals surface area contributed by atoms with Gasteiger partial charge in [-0.2, -0.15) is 0 Å². The largest absolute Gasteiger partial charge is 0.310 e. The van der Waals surface area contributed by atoms with Gasteiger partial charge in [-0.15, -0.1) is 11.3 Å². The minimum absolute atomic E-state index is 0.269. The molecule has 23 heavy (non-hydrogen) atoms. The van der Waals surface area contributed by atoms with Crippen molar-refractivity contribution in [3.8, 4) is 5.00 Å². The summed E-state index contributed by atoms with van der Waals surface area (Å²) in [4.78, 5) is 1.63. The van der Waals surface area contributed by atoms with Crippen LogP contribution in [-0.2, 0) is 19.4 Å². The molecule has 3 heterocycles. The molecule has 0 saturated carbocycles. The van der Waals surface area contributed by atoms with Crippen molar-refractivity contribution >= 4 is 11.3 Å². The molecule has 0 saturated heterocycles. The number of thiophene rings is 1. The second kappa shape index (κ2) is 5.36. The molecular formula is C20H20N2S. The van der Waals surface area contributed by atoms with E-state index in [0.717, 1.165) is 6.54 Å². The number of rotatable bonds is 1. The highest BCUT2D eigenvalue weighted by Crippen LogP contribution is 2.40. The van der Waals surface area contributed by atoms with Gasteiger partial charge in [0.1, 0.15) is 5.00 Å². The lowest BCUT2D eigenvalue weighted by Crippen LogP contribution is -2.21. The van der Waals surface area contributed by atoms with Crippen molar-refractivity contribution in [1.82, 2.24) is 9.88 Å². The first-order valence-electron chi connectivity index (χ1n) is 8.51. The molecule has 1 aliphatic carbocycles. The van der Waals surface area contributed by atoms with Crippen molar-refractivity contribution in [3.05, 3.63) is 75.9 Å². The predicted molar refractivity (Wildman–Crippen MR) is 95.4 cm³/mol. The van der Waals surface area contributed by atoms with E-state index in [0.29, 0.717) is 0 Å². The average Bonchev–Trinajstić information content (AvgIpc) is 3.18. The maximum absolute atomic E-state index is 3.82. The molecular weight excluding hydrogens is 300 g/mol. The van der Waals surface area contributed by atoms with Crippen molar-refractivity contribution in [2.45, 2.75) is 38.3 Å². The van der Waals surface area contributed by atoms with E-state index in [1.807, 2.05) is 11.3 Å². The standard InChI is InChI=1S/C20H20N2S/c1-2-7-14(8-3-1)19-17-10-6-12-22(17)20-16(13-21-19)15-9-4-5-11-18(15)23-20/h1-3,6-8,10,12,19,21H,4-5,9,11,13H2. The molecule has 1 aliphatic heterocycles. The van der Waals surface area contributed by atoms with Gasteiger partial charge in [0, 0.05) is 28.9 Å². The summed E-state index contributed by atoms with van der Waals surface area (Å²) in [6.45, 7) is 0.975. The zero-order valence-electron chi connectivity index (χ0n) is 13.1. The number of hydrogen-bond donors (Lipinski definition) is 1. The molecule has 2 nitrogen and oxygen atoms in total. The van der Waals surface area contributed by atoms with Gasteiger partial charge < -0.3 is 9.88 Å². The second-order valence-electron chi connectivity index (χ2n) is 6.52. The predicted octanol–water partition coefficient (Wildman–Crippen LogP) is 4.61. The first kappa shape index (κ1) is 13.6. The Morgan fingerprint density at radius 3 is 2.74 bits per heavy atom. The van der Waals surface area contributed by atoms with Gasteiger partial charge in [0.05, 0.1) is 6.04 Å². The Balaban J connectivity index is 1.67. The molecule has 0 spiro atoms. The molecule has 0 bridgehead atoms. The van der Waals surface area contributed by atoms with Crippen molar-refractivity contribution in [2.75, 3.05) is 0 Å². The monoisotopic (exact) mass is 320 g/mol. The van der Waals surface area contributed by atoms with Crippen LogP contribution in [0.3, 0.4) is 0 Å². The van der Waals surface area contributed by atoms with E-state index in [1.165, 1.54) is 41.9 Å². The topological polar surface area (TPSA) is 17.0 Å². The van der Waals surface area contributed by atoms with E-state index in [9.17, 15) is 0 Å². The highest BCUT2D eigenvalue weighted by molar-refractivity contribution is 7.15. The number of fused-ring (bicyclic) bond motifs is 5. The molecule has 3 aromatic rings.